The van der Waals surface area contributed by atoms with Crippen LogP contribution in [0.4, 0.5) is 13.9 Å². The van der Waals surface area contributed by atoms with Gasteiger partial charge in [0.2, 0.25) is 0 Å². The molecule has 0 bridgehead atoms. The summed E-state index contributed by atoms with van der Waals surface area (Å²) in [5.74, 6) is -2.77. The van der Waals surface area contributed by atoms with E-state index in [-0.39, 0.29) is 21.8 Å². The fraction of sp³-hybridized carbons (Fsp3) is 0.0800. The van der Waals surface area contributed by atoms with Gasteiger partial charge in [0.05, 0.1) is 28.9 Å². The van der Waals surface area contributed by atoms with Gasteiger partial charge in [-0.05, 0) is 60.2 Å². The summed E-state index contributed by atoms with van der Waals surface area (Å²) in [5, 5.41) is 11.2. The molecule has 0 saturated carbocycles. The number of anilines is 1. The minimum absolute atomic E-state index is 0.130. The molecule has 1 N–H and O–H groups in total. The fourth-order valence-electron chi connectivity index (χ4n) is 3.92. The molecule has 1 atom stereocenters. The molecule has 1 amide bonds. The number of nitrogens with zero attached hydrogens (tertiary/aromatic N) is 2. The molecule has 2 heterocycles. The van der Waals surface area contributed by atoms with Gasteiger partial charge in [-0.2, -0.15) is 0 Å². The van der Waals surface area contributed by atoms with E-state index in [2.05, 4.69) is 4.98 Å². The van der Waals surface area contributed by atoms with Gasteiger partial charge in [-0.25, -0.2) is 13.8 Å². The molecule has 1 fully saturated rings. The van der Waals surface area contributed by atoms with Gasteiger partial charge in [-0.3, -0.25) is 14.5 Å². The molecule has 1 saturated heterocycles. The molecule has 3 aromatic carbocycles. The van der Waals surface area contributed by atoms with Crippen molar-refractivity contribution in [1.29, 1.82) is 0 Å². The standard InChI is InChI=1S/C25H16F2N2O4S/c1-33-17-8-5-13(6-9-17)22(30)20-21(14-3-2-4-15(26)11-14)29(24(32)23(20)31)25-28-18-10-7-16(27)12-19(18)34-25/h2-12,21,30H,1H3/b22-20-. The van der Waals surface area contributed by atoms with Crippen molar-refractivity contribution in [2.75, 3.05) is 12.0 Å². The van der Waals surface area contributed by atoms with Crippen LogP contribution in [0.5, 0.6) is 5.75 Å². The summed E-state index contributed by atoms with van der Waals surface area (Å²) < 4.78 is 33.5. The predicted octanol–water partition coefficient (Wildman–Crippen LogP) is 5.21. The Hall–Kier alpha value is -4.11. The number of Topliss-reactive ketones (excluding diaryl/α,β-unsaturated/α-hetero) is 1. The zero-order valence-corrected chi connectivity index (χ0v) is 18.5. The molecule has 1 unspecified atom stereocenters. The smallest absolute Gasteiger partial charge is 0.301 e. The summed E-state index contributed by atoms with van der Waals surface area (Å²) in [6, 6.07) is 14.6. The minimum Gasteiger partial charge on any atom is -0.507 e. The second kappa shape index (κ2) is 8.35. The molecule has 1 aromatic heterocycles. The van der Waals surface area contributed by atoms with Crippen molar-refractivity contribution in [3.63, 3.8) is 0 Å². The lowest BCUT2D eigenvalue weighted by Gasteiger charge is -2.23. The first-order chi connectivity index (χ1) is 16.4. The van der Waals surface area contributed by atoms with Gasteiger partial charge < -0.3 is 9.84 Å². The van der Waals surface area contributed by atoms with Crippen molar-refractivity contribution in [2.24, 2.45) is 0 Å². The number of ether oxygens (including phenoxy) is 1. The summed E-state index contributed by atoms with van der Waals surface area (Å²) >= 11 is 1.02. The Balaban J connectivity index is 1.72. The van der Waals surface area contributed by atoms with Crippen molar-refractivity contribution >= 4 is 44.1 Å². The van der Waals surface area contributed by atoms with Crippen molar-refractivity contribution in [1.82, 2.24) is 4.98 Å². The largest absolute Gasteiger partial charge is 0.507 e. The maximum absolute atomic E-state index is 14.2. The van der Waals surface area contributed by atoms with Gasteiger partial charge in [-0.1, -0.05) is 23.5 Å². The average molecular weight is 478 g/mol. The highest BCUT2D eigenvalue weighted by Gasteiger charge is 2.48. The molecule has 5 rings (SSSR count). The Morgan fingerprint density at radius 3 is 2.47 bits per heavy atom. The van der Waals surface area contributed by atoms with E-state index in [0.717, 1.165) is 16.2 Å². The first-order valence-electron chi connectivity index (χ1n) is 10.1. The van der Waals surface area contributed by atoms with Crippen LogP contribution in [0.2, 0.25) is 0 Å². The van der Waals surface area contributed by atoms with E-state index in [9.17, 15) is 23.5 Å². The summed E-state index contributed by atoms with van der Waals surface area (Å²) in [4.78, 5) is 31.8. The quantitative estimate of drug-likeness (QED) is 0.248. The van der Waals surface area contributed by atoms with Gasteiger partial charge in [0.15, 0.2) is 5.13 Å². The SMILES string of the molecule is COc1ccc(/C(O)=C2/C(=O)C(=O)N(c3nc4ccc(F)cc4s3)C2c2cccc(F)c2)cc1. The highest BCUT2D eigenvalue weighted by atomic mass is 32.1. The normalized spacial score (nSPS) is 17.5. The number of aliphatic hydroxyl groups excluding tert-OH is 1. The number of hydrogen-bond acceptors (Lipinski definition) is 6. The number of carbonyl (C=O) groups excluding carboxylic acids is 2. The molecule has 1 aliphatic heterocycles. The van der Waals surface area contributed by atoms with Crippen LogP contribution in [0.1, 0.15) is 17.2 Å². The van der Waals surface area contributed by atoms with Crippen molar-refractivity contribution < 1.29 is 28.2 Å². The highest BCUT2D eigenvalue weighted by molar-refractivity contribution is 7.22. The van der Waals surface area contributed by atoms with Gasteiger partial charge in [0.1, 0.15) is 23.1 Å². The zero-order chi connectivity index (χ0) is 24.0. The predicted molar refractivity (Wildman–Crippen MR) is 124 cm³/mol. The molecule has 0 aliphatic carbocycles. The van der Waals surface area contributed by atoms with Gasteiger partial charge in [-0.15, -0.1) is 0 Å². The van der Waals surface area contributed by atoms with Crippen LogP contribution in [-0.4, -0.2) is 28.9 Å². The Morgan fingerprint density at radius 2 is 1.76 bits per heavy atom. The van der Waals surface area contributed by atoms with E-state index in [0.29, 0.717) is 16.0 Å². The van der Waals surface area contributed by atoms with E-state index in [1.807, 2.05) is 0 Å². The molecule has 170 valence electrons. The molecular weight excluding hydrogens is 462 g/mol. The maximum Gasteiger partial charge on any atom is 0.301 e. The lowest BCUT2D eigenvalue weighted by molar-refractivity contribution is -0.132. The first kappa shape index (κ1) is 21.7. The molecule has 0 radical (unpaired) electrons. The van der Waals surface area contributed by atoms with Gasteiger partial charge in [0.25, 0.3) is 5.78 Å². The van der Waals surface area contributed by atoms with E-state index in [1.54, 1.807) is 30.3 Å². The topological polar surface area (TPSA) is 79.7 Å². The number of aliphatic hydroxyl groups is 1. The number of hydrogen-bond donors (Lipinski definition) is 1. The molecule has 34 heavy (non-hydrogen) atoms. The van der Waals surface area contributed by atoms with Crippen LogP contribution >= 0.6 is 11.3 Å². The van der Waals surface area contributed by atoms with Gasteiger partial charge >= 0.3 is 5.91 Å². The summed E-state index contributed by atoms with van der Waals surface area (Å²) in [7, 11) is 1.49. The Morgan fingerprint density at radius 1 is 1.03 bits per heavy atom. The first-order valence-corrected chi connectivity index (χ1v) is 11.0. The van der Waals surface area contributed by atoms with Crippen LogP contribution in [0, 0.1) is 11.6 Å². The summed E-state index contributed by atoms with van der Waals surface area (Å²) in [6.07, 6.45) is 0. The second-order valence-electron chi connectivity index (χ2n) is 7.56. The number of halogens is 2. The second-order valence-corrected chi connectivity index (χ2v) is 8.57. The Labute approximate surface area is 196 Å². The van der Waals surface area contributed by atoms with Gasteiger partial charge in [0, 0.05) is 5.56 Å². The number of methoxy groups -OCH3 is 1. The number of ketones is 1. The van der Waals surface area contributed by atoms with Crippen molar-refractivity contribution in [2.45, 2.75) is 6.04 Å². The van der Waals surface area contributed by atoms with Crippen LogP contribution in [0.3, 0.4) is 0 Å². The minimum atomic E-state index is -1.14. The fourth-order valence-corrected chi connectivity index (χ4v) is 4.93. The van der Waals surface area contributed by atoms with E-state index < -0.39 is 35.1 Å². The van der Waals surface area contributed by atoms with Crippen LogP contribution in [0.25, 0.3) is 16.0 Å². The van der Waals surface area contributed by atoms with E-state index >= 15 is 0 Å². The third-order valence-electron chi connectivity index (χ3n) is 5.52. The molecule has 4 aromatic rings. The Bertz CT molecular complexity index is 1480. The lowest BCUT2D eigenvalue weighted by Crippen LogP contribution is -2.29. The van der Waals surface area contributed by atoms with Crippen LogP contribution in [-0.2, 0) is 9.59 Å². The molecule has 1 aliphatic rings. The van der Waals surface area contributed by atoms with Crippen LogP contribution in [0.15, 0.2) is 72.3 Å². The van der Waals surface area contributed by atoms with E-state index in [4.69, 9.17) is 4.74 Å². The number of benzene rings is 3. The Kier molecular flexibility index (Phi) is 5.33. The maximum atomic E-state index is 14.2. The number of rotatable bonds is 4. The number of fused-ring (bicyclic) bond motifs is 1. The van der Waals surface area contributed by atoms with E-state index in [1.165, 1.54) is 43.5 Å². The third-order valence-corrected chi connectivity index (χ3v) is 6.54. The number of amides is 1. The van der Waals surface area contributed by atoms with Crippen LogP contribution < -0.4 is 9.64 Å². The van der Waals surface area contributed by atoms with Crippen molar-refractivity contribution in [3.05, 3.63) is 95.1 Å². The molecule has 9 heteroatoms. The van der Waals surface area contributed by atoms with Crippen molar-refractivity contribution in [3.8, 4) is 5.75 Å². The molecule has 6 nitrogen and oxygen atoms in total. The average Bonchev–Trinajstić information content (AvgIpc) is 3.36. The number of thiazole rings is 1. The summed E-state index contributed by atoms with van der Waals surface area (Å²) in [5.41, 5.74) is 0.800. The zero-order valence-electron chi connectivity index (χ0n) is 17.7. The summed E-state index contributed by atoms with van der Waals surface area (Å²) in [6.45, 7) is 0. The molecule has 0 spiro atoms. The third kappa shape index (κ3) is 3.60. The molecular formula is C25H16F2N2O4S. The highest BCUT2D eigenvalue weighted by Crippen LogP contribution is 2.44. The lowest BCUT2D eigenvalue weighted by atomic mass is 9.95. The number of aromatic nitrogens is 1. The number of carbonyl (C=O) groups is 2. The monoisotopic (exact) mass is 478 g/mol.